The number of amides is 3. The highest BCUT2D eigenvalue weighted by Gasteiger charge is 2.49. The first kappa shape index (κ1) is 19.8. The summed E-state index contributed by atoms with van der Waals surface area (Å²) in [6.45, 7) is 3.49. The molecule has 1 unspecified atom stereocenters. The van der Waals surface area contributed by atoms with Crippen molar-refractivity contribution >= 4 is 34.5 Å². The third-order valence-electron chi connectivity index (χ3n) is 6.39. The van der Waals surface area contributed by atoms with Crippen LogP contribution in [0.5, 0.6) is 0 Å². The van der Waals surface area contributed by atoms with Gasteiger partial charge in [0.05, 0.1) is 6.54 Å². The highest BCUT2D eigenvalue weighted by Crippen LogP contribution is 2.34. The molecule has 1 aliphatic heterocycles. The second kappa shape index (κ2) is 6.95. The fraction of sp³-hybridized carbons (Fsp3) is 0.292. The molecule has 31 heavy (non-hydrogen) atoms. The van der Waals surface area contributed by atoms with E-state index in [1.165, 1.54) is 17.2 Å². The molecule has 6 nitrogen and oxygen atoms in total. The Balaban J connectivity index is 1.53. The van der Waals surface area contributed by atoms with Gasteiger partial charge in [-0.25, -0.2) is 9.59 Å². The Hall–Kier alpha value is -3.12. The van der Waals surface area contributed by atoms with Gasteiger partial charge in [0.25, 0.3) is 5.91 Å². The van der Waals surface area contributed by atoms with Crippen molar-refractivity contribution in [2.24, 2.45) is 0 Å². The molecule has 2 heterocycles. The number of hydrogen-bond donors (Lipinski definition) is 1. The molecular weight excluding hydrogens is 416 g/mol. The zero-order valence-electron chi connectivity index (χ0n) is 17.3. The summed E-state index contributed by atoms with van der Waals surface area (Å²) in [4.78, 5) is 39.5. The highest BCUT2D eigenvalue weighted by molar-refractivity contribution is 6.32. The number of hydrogen-bond acceptors (Lipinski definition) is 4. The Morgan fingerprint density at radius 3 is 2.68 bits per heavy atom. The lowest BCUT2D eigenvalue weighted by Gasteiger charge is -2.23. The molecule has 2 aromatic carbocycles. The van der Waals surface area contributed by atoms with Gasteiger partial charge in [0.2, 0.25) is 0 Å². The van der Waals surface area contributed by atoms with Crippen molar-refractivity contribution in [2.75, 3.05) is 0 Å². The normalized spacial score (nSPS) is 20.4. The third kappa shape index (κ3) is 3.13. The largest absolute Gasteiger partial charge is 0.423 e. The number of aryl methyl sites for hydroxylation is 3. The molecule has 1 fully saturated rings. The van der Waals surface area contributed by atoms with Gasteiger partial charge in [-0.3, -0.25) is 9.69 Å². The molecule has 7 heteroatoms. The number of nitrogens with zero attached hydrogens (tertiary/aromatic N) is 1. The molecule has 0 spiro atoms. The molecular formula is C24H21ClN2O4. The van der Waals surface area contributed by atoms with Gasteiger partial charge in [-0.15, -0.1) is 0 Å². The van der Waals surface area contributed by atoms with Gasteiger partial charge in [0, 0.05) is 16.5 Å². The predicted molar refractivity (Wildman–Crippen MR) is 117 cm³/mol. The molecule has 0 bridgehead atoms. The van der Waals surface area contributed by atoms with E-state index < -0.39 is 17.2 Å². The fourth-order valence-electron chi connectivity index (χ4n) is 4.57. The summed E-state index contributed by atoms with van der Waals surface area (Å²) in [6.07, 6.45) is 3.13. The van der Waals surface area contributed by atoms with Gasteiger partial charge in [-0.05, 0) is 73.1 Å². The Morgan fingerprint density at radius 1 is 1.10 bits per heavy atom. The summed E-state index contributed by atoms with van der Waals surface area (Å²) in [5.41, 5.74) is 3.26. The average molecular weight is 437 g/mol. The van der Waals surface area contributed by atoms with Crippen LogP contribution in [0.15, 0.2) is 45.6 Å². The van der Waals surface area contributed by atoms with E-state index >= 15 is 0 Å². The van der Waals surface area contributed by atoms with Gasteiger partial charge < -0.3 is 9.73 Å². The van der Waals surface area contributed by atoms with E-state index in [2.05, 4.69) is 5.32 Å². The number of imide groups is 1. The number of nitrogens with one attached hydrogen (secondary N) is 1. The summed E-state index contributed by atoms with van der Waals surface area (Å²) in [5, 5.41) is 3.97. The van der Waals surface area contributed by atoms with Crippen LogP contribution in [0.25, 0.3) is 11.0 Å². The smallest absolute Gasteiger partial charge is 0.336 e. The van der Waals surface area contributed by atoms with E-state index in [1.54, 1.807) is 19.1 Å². The minimum atomic E-state index is -1.15. The monoisotopic (exact) mass is 436 g/mol. The Kier molecular flexibility index (Phi) is 4.45. The lowest BCUT2D eigenvalue weighted by atomic mass is 9.89. The lowest BCUT2D eigenvalue weighted by Crippen LogP contribution is -2.41. The van der Waals surface area contributed by atoms with Crippen molar-refractivity contribution in [1.82, 2.24) is 10.2 Å². The minimum Gasteiger partial charge on any atom is -0.423 e. The van der Waals surface area contributed by atoms with Crippen molar-refractivity contribution < 1.29 is 14.0 Å². The quantitative estimate of drug-likeness (QED) is 0.492. The molecule has 1 saturated heterocycles. The second-order valence-electron chi connectivity index (χ2n) is 8.47. The molecule has 5 rings (SSSR count). The maximum absolute atomic E-state index is 13.4. The maximum atomic E-state index is 13.4. The molecule has 0 radical (unpaired) electrons. The van der Waals surface area contributed by atoms with Crippen LogP contribution in [0.3, 0.4) is 0 Å². The summed E-state index contributed by atoms with van der Waals surface area (Å²) in [5.74, 6) is -0.352. The van der Waals surface area contributed by atoms with Crippen molar-refractivity contribution in [3.63, 3.8) is 0 Å². The van der Waals surface area contributed by atoms with Crippen LogP contribution in [-0.4, -0.2) is 16.8 Å². The van der Waals surface area contributed by atoms with Gasteiger partial charge in [-0.2, -0.15) is 0 Å². The van der Waals surface area contributed by atoms with Crippen LogP contribution in [0.2, 0.25) is 5.02 Å². The summed E-state index contributed by atoms with van der Waals surface area (Å²) >= 11 is 6.27. The van der Waals surface area contributed by atoms with E-state index in [1.807, 2.05) is 25.1 Å². The summed E-state index contributed by atoms with van der Waals surface area (Å²) < 4.78 is 5.29. The molecule has 158 valence electrons. The van der Waals surface area contributed by atoms with Crippen molar-refractivity contribution in [1.29, 1.82) is 0 Å². The molecule has 1 N–H and O–H groups in total. The Labute approximate surface area is 183 Å². The van der Waals surface area contributed by atoms with Gasteiger partial charge in [0.1, 0.15) is 11.1 Å². The number of urea groups is 1. The predicted octanol–water partition coefficient (Wildman–Crippen LogP) is 4.21. The van der Waals surface area contributed by atoms with Crippen LogP contribution in [-0.2, 0) is 29.7 Å². The average Bonchev–Trinajstić information content (AvgIpc) is 3.27. The Morgan fingerprint density at radius 2 is 1.87 bits per heavy atom. The molecule has 3 amide bonds. The third-order valence-corrected chi connectivity index (χ3v) is 6.80. The van der Waals surface area contributed by atoms with Crippen LogP contribution in [0, 0.1) is 6.92 Å². The molecule has 1 aliphatic carbocycles. The van der Waals surface area contributed by atoms with Crippen LogP contribution in [0.1, 0.15) is 41.2 Å². The number of fused-ring (bicyclic) bond motifs is 2. The summed E-state index contributed by atoms with van der Waals surface area (Å²) in [7, 11) is 0. The first-order valence-corrected chi connectivity index (χ1v) is 10.6. The molecule has 2 aliphatic rings. The molecule has 3 aromatic rings. The zero-order valence-corrected chi connectivity index (χ0v) is 18.0. The SMILES string of the molecule is Cc1cc2oc(=O)cc(CN3C(=O)NC(C)(c4ccc5c(c4)CCC5)C3=O)c2cc1Cl. The zero-order chi connectivity index (χ0) is 21.9. The van der Waals surface area contributed by atoms with Crippen molar-refractivity contribution in [3.05, 3.63) is 79.7 Å². The first-order chi connectivity index (χ1) is 14.8. The van der Waals surface area contributed by atoms with E-state index in [9.17, 15) is 14.4 Å². The van der Waals surface area contributed by atoms with E-state index in [4.69, 9.17) is 16.0 Å². The van der Waals surface area contributed by atoms with Crippen LogP contribution < -0.4 is 10.9 Å². The highest BCUT2D eigenvalue weighted by atomic mass is 35.5. The maximum Gasteiger partial charge on any atom is 0.336 e. The van der Waals surface area contributed by atoms with Crippen LogP contribution in [0.4, 0.5) is 4.79 Å². The lowest BCUT2D eigenvalue weighted by molar-refractivity contribution is -0.131. The summed E-state index contributed by atoms with van der Waals surface area (Å²) in [6, 6.07) is 10.2. The number of benzene rings is 2. The van der Waals surface area contributed by atoms with E-state index in [0.29, 0.717) is 21.6 Å². The molecule has 1 aromatic heterocycles. The number of carbonyl (C=O) groups excluding carboxylic acids is 2. The minimum absolute atomic E-state index is 0.0489. The number of carbonyl (C=O) groups is 2. The van der Waals surface area contributed by atoms with E-state index in [0.717, 1.165) is 35.3 Å². The Bertz CT molecular complexity index is 1330. The molecule has 0 saturated carbocycles. The van der Waals surface area contributed by atoms with Gasteiger partial charge >= 0.3 is 11.7 Å². The number of halogens is 1. The van der Waals surface area contributed by atoms with Crippen molar-refractivity contribution in [3.8, 4) is 0 Å². The molecule has 1 atom stereocenters. The first-order valence-electron chi connectivity index (χ1n) is 10.3. The second-order valence-corrected chi connectivity index (χ2v) is 8.88. The van der Waals surface area contributed by atoms with Crippen molar-refractivity contribution in [2.45, 2.75) is 45.2 Å². The topological polar surface area (TPSA) is 79.6 Å². The fourth-order valence-corrected chi connectivity index (χ4v) is 4.73. The van der Waals surface area contributed by atoms with E-state index in [-0.39, 0.29) is 12.5 Å². The number of rotatable bonds is 3. The van der Waals surface area contributed by atoms with Gasteiger partial charge in [0.15, 0.2) is 0 Å². The van der Waals surface area contributed by atoms with Crippen LogP contribution >= 0.6 is 11.6 Å². The standard InChI is InChI=1S/C24H21ClN2O4/c1-13-8-20-18(11-19(13)25)16(10-21(28)31-20)12-27-22(29)24(2,26-23(27)30)17-7-6-14-4-3-5-15(14)9-17/h6-11H,3-5,12H2,1-2H3,(H,26,30). The van der Waals surface area contributed by atoms with Gasteiger partial charge in [-0.1, -0.05) is 29.8 Å².